The van der Waals surface area contributed by atoms with Gasteiger partial charge in [-0.2, -0.15) is 0 Å². The maximum Gasteiger partial charge on any atom is 0.150 e. The van der Waals surface area contributed by atoms with E-state index in [1.165, 1.54) is 0 Å². The second kappa shape index (κ2) is 7.14. The highest BCUT2D eigenvalue weighted by Gasteiger charge is 2.40. The van der Waals surface area contributed by atoms with Gasteiger partial charge < -0.3 is 10.0 Å². The van der Waals surface area contributed by atoms with Crippen LogP contribution in [0.5, 0.6) is 0 Å². The molecule has 0 aromatic heterocycles. The molecule has 0 aliphatic carbocycles. The van der Waals surface area contributed by atoms with Gasteiger partial charge in [0.15, 0.2) is 9.84 Å². The highest BCUT2D eigenvalue weighted by Crippen LogP contribution is 2.33. The number of hydrogen-bond donors (Lipinski definition) is 1. The fourth-order valence-electron chi connectivity index (χ4n) is 3.75. The van der Waals surface area contributed by atoms with Gasteiger partial charge in [0.1, 0.15) is 5.67 Å². The molecule has 0 atom stereocenters. The van der Waals surface area contributed by atoms with E-state index in [1.54, 1.807) is 12.1 Å². The number of likely N-dealkylation sites (tertiary alicyclic amines) is 1. The molecule has 25 heavy (non-hydrogen) atoms. The van der Waals surface area contributed by atoms with Crippen LogP contribution in [0.4, 0.5) is 4.39 Å². The van der Waals surface area contributed by atoms with Gasteiger partial charge in [-0.05, 0) is 43.4 Å². The summed E-state index contributed by atoms with van der Waals surface area (Å²) in [6.07, 6.45) is 1.77. The molecule has 7 heteroatoms. The van der Waals surface area contributed by atoms with Gasteiger partial charge in [0, 0.05) is 31.1 Å². The first-order valence-electron chi connectivity index (χ1n) is 8.76. The highest BCUT2D eigenvalue weighted by molar-refractivity contribution is 7.91. The summed E-state index contributed by atoms with van der Waals surface area (Å²) in [7, 11) is -3.00. The topological polar surface area (TPSA) is 57.6 Å². The smallest absolute Gasteiger partial charge is 0.150 e. The molecule has 1 aromatic rings. The molecule has 1 aromatic carbocycles. The van der Waals surface area contributed by atoms with Gasteiger partial charge in [-0.1, -0.05) is 23.7 Å². The predicted octanol–water partition coefficient (Wildman–Crippen LogP) is 2.63. The Labute approximate surface area is 153 Å². The van der Waals surface area contributed by atoms with Crippen LogP contribution in [0.3, 0.4) is 0 Å². The first-order valence-corrected chi connectivity index (χ1v) is 11.0. The van der Waals surface area contributed by atoms with Crippen LogP contribution in [0.1, 0.15) is 31.2 Å². The van der Waals surface area contributed by atoms with Crippen molar-refractivity contribution < 1.29 is 17.9 Å². The van der Waals surface area contributed by atoms with Crippen LogP contribution in [0.25, 0.3) is 0 Å². The van der Waals surface area contributed by atoms with E-state index in [1.807, 2.05) is 12.1 Å². The normalized spacial score (nSPS) is 25.6. The van der Waals surface area contributed by atoms with E-state index in [-0.39, 0.29) is 24.3 Å². The number of benzene rings is 1. The zero-order chi connectivity index (χ0) is 18.1. The van der Waals surface area contributed by atoms with Crippen molar-refractivity contribution in [2.24, 2.45) is 0 Å². The zero-order valence-electron chi connectivity index (χ0n) is 14.3. The minimum absolute atomic E-state index is 0.0426. The molecular weight excluding hydrogens is 365 g/mol. The average Bonchev–Trinajstić information content (AvgIpc) is 2.56. The number of β-amino-alcohol motifs (C(OH)–C–C–N with tert-alkyl or cyclic N) is 1. The van der Waals surface area contributed by atoms with Gasteiger partial charge in [0.05, 0.1) is 17.1 Å². The second-order valence-electron chi connectivity index (χ2n) is 7.61. The Kier molecular flexibility index (Phi) is 5.45. The maximum absolute atomic E-state index is 15.1. The lowest BCUT2D eigenvalue weighted by atomic mass is 9.86. The molecule has 3 rings (SSSR count). The van der Waals surface area contributed by atoms with Gasteiger partial charge in [-0.25, -0.2) is 12.8 Å². The Bertz CT molecular complexity index is 686. The summed E-state index contributed by atoms with van der Waals surface area (Å²) in [5.74, 6) is 0.0852. The molecular formula is C18H25ClFNO3S. The minimum atomic E-state index is -3.00. The van der Waals surface area contributed by atoms with Gasteiger partial charge >= 0.3 is 0 Å². The van der Waals surface area contributed by atoms with Crippen molar-refractivity contribution in [3.63, 3.8) is 0 Å². The minimum Gasteiger partial charge on any atom is -0.388 e. The van der Waals surface area contributed by atoms with E-state index in [4.69, 9.17) is 11.6 Å². The number of alkyl halides is 1. The number of hydrogen-bond acceptors (Lipinski definition) is 4. The summed E-state index contributed by atoms with van der Waals surface area (Å²) >= 11 is 5.87. The Balaban J connectivity index is 1.52. The lowest BCUT2D eigenvalue weighted by Crippen LogP contribution is -2.52. The molecule has 0 unspecified atom stereocenters. The monoisotopic (exact) mass is 389 g/mol. The number of piperidine rings is 1. The van der Waals surface area contributed by atoms with Crippen molar-refractivity contribution in [3.05, 3.63) is 34.9 Å². The van der Waals surface area contributed by atoms with Gasteiger partial charge in [-0.15, -0.1) is 0 Å². The van der Waals surface area contributed by atoms with Crippen LogP contribution in [-0.2, 0) is 16.3 Å². The Hall–Kier alpha value is -0.690. The summed E-state index contributed by atoms with van der Waals surface area (Å²) in [6.45, 7) is 1.60. The summed E-state index contributed by atoms with van der Waals surface area (Å²) in [6, 6.07) is 7.28. The van der Waals surface area contributed by atoms with Crippen LogP contribution in [-0.4, -0.2) is 60.8 Å². The predicted molar refractivity (Wildman–Crippen MR) is 97.5 cm³/mol. The molecule has 2 aliphatic heterocycles. The van der Waals surface area contributed by atoms with Crippen LogP contribution in [0.15, 0.2) is 24.3 Å². The number of rotatable bonds is 4. The molecule has 0 spiro atoms. The fourth-order valence-corrected chi connectivity index (χ4v) is 5.46. The van der Waals surface area contributed by atoms with Crippen LogP contribution in [0, 0.1) is 0 Å². The number of sulfone groups is 1. The molecule has 2 aliphatic rings. The zero-order valence-corrected chi connectivity index (χ0v) is 15.8. The SMILES string of the molecule is O=S1(=O)CCC(O)(CN2CCC(F)(Cc3ccc(Cl)cc3)CC2)CC1. The van der Waals surface area contributed by atoms with Crippen LogP contribution in [0.2, 0.25) is 5.02 Å². The van der Waals surface area contributed by atoms with E-state index < -0.39 is 21.1 Å². The first kappa shape index (κ1) is 19.1. The molecule has 0 radical (unpaired) electrons. The van der Waals surface area contributed by atoms with E-state index in [9.17, 15) is 13.5 Å². The third kappa shape index (κ3) is 5.16. The Morgan fingerprint density at radius 2 is 1.64 bits per heavy atom. The molecule has 0 saturated carbocycles. The third-order valence-electron chi connectivity index (χ3n) is 5.46. The number of halogens is 2. The van der Waals surface area contributed by atoms with Crippen molar-refractivity contribution in [3.8, 4) is 0 Å². The van der Waals surface area contributed by atoms with Gasteiger partial charge in [0.25, 0.3) is 0 Å². The molecule has 4 nitrogen and oxygen atoms in total. The Morgan fingerprint density at radius 1 is 1.08 bits per heavy atom. The maximum atomic E-state index is 15.1. The fraction of sp³-hybridized carbons (Fsp3) is 0.667. The van der Waals surface area contributed by atoms with Crippen molar-refractivity contribution in [1.29, 1.82) is 0 Å². The van der Waals surface area contributed by atoms with Gasteiger partial charge in [0.2, 0.25) is 0 Å². The molecule has 2 fully saturated rings. The lowest BCUT2D eigenvalue weighted by Gasteiger charge is -2.41. The van der Waals surface area contributed by atoms with E-state index in [0.29, 0.717) is 43.9 Å². The third-order valence-corrected chi connectivity index (χ3v) is 7.37. The summed E-state index contributed by atoms with van der Waals surface area (Å²) in [5, 5.41) is 11.3. The largest absolute Gasteiger partial charge is 0.388 e. The van der Waals surface area contributed by atoms with E-state index >= 15 is 4.39 Å². The van der Waals surface area contributed by atoms with E-state index in [0.717, 1.165) is 5.56 Å². The Morgan fingerprint density at radius 3 is 2.20 bits per heavy atom. The van der Waals surface area contributed by atoms with Crippen molar-refractivity contribution in [2.45, 2.75) is 43.4 Å². The van der Waals surface area contributed by atoms with E-state index in [2.05, 4.69) is 4.90 Å². The molecule has 140 valence electrons. The number of aliphatic hydroxyl groups is 1. The summed E-state index contributed by atoms with van der Waals surface area (Å²) in [4.78, 5) is 2.07. The van der Waals surface area contributed by atoms with Crippen molar-refractivity contribution in [1.82, 2.24) is 4.90 Å². The number of nitrogens with zero attached hydrogens (tertiary/aromatic N) is 1. The van der Waals surface area contributed by atoms with Gasteiger partial charge in [-0.3, -0.25) is 0 Å². The van der Waals surface area contributed by atoms with Crippen LogP contribution < -0.4 is 0 Å². The molecule has 0 bridgehead atoms. The van der Waals surface area contributed by atoms with Crippen LogP contribution >= 0.6 is 11.6 Å². The quantitative estimate of drug-likeness (QED) is 0.860. The molecule has 2 saturated heterocycles. The lowest BCUT2D eigenvalue weighted by molar-refractivity contribution is -0.0275. The van der Waals surface area contributed by atoms with Crippen molar-refractivity contribution >= 4 is 21.4 Å². The molecule has 0 amide bonds. The van der Waals surface area contributed by atoms with Crippen molar-refractivity contribution in [2.75, 3.05) is 31.1 Å². The second-order valence-corrected chi connectivity index (χ2v) is 10.3. The molecule has 1 N–H and O–H groups in total. The summed E-state index contributed by atoms with van der Waals surface area (Å²) in [5.41, 5.74) is -1.25. The highest BCUT2D eigenvalue weighted by atomic mass is 35.5. The summed E-state index contributed by atoms with van der Waals surface area (Å²) < 4.78 is 38.2. The standard InChI is InChI=1S/C18H25ClFNO3S/c19-16-3-1-15(2-4-16)13-17(20)5-9-21(10-6-17)14-18(22)7-11-25(23,24)12-8-18/h1-4,22H,5-14H2. The molecule has 2 heterocycles. The first-order chi connectivity index (χ1) is 11.7. The average molecular weight is 390 g/mol.